The van der Waals surface area contributed by atoms with Gasteiger partial charge in [0.2, 0.25) is 0 Å². The maximum absolute atomic E-state index is 12.2. The van der Waals surface area contributed by atoms with Gasteiger partial charge in [-0.25, -0.2) is 4.79 Å². The zero-order valence-electron chi connectivity index (χ0n) is 14.1. The number of rotatable bonds is 6. The summed E-state index contributed by atoms with van der Waals surface area (Å²) in [6.45, 7) is 2.13. The molecule has 8 nitrogen and oxygen atoms in total. The van der Waals surface area contributed by atoms with E-state index in [0.29, 0.717) is 11.4 Å². The van der Waals surface area contributed by atoms with Crippen molar-refractivity contribution in [3.8, 4) is 0 Å². The number of urea groups is 1. The maximum atomic E-state index is 12.2. The number of esters is 1. The number of carbonyl (C=O) groups excluding carboxylic acids is 4. The lowest BCUT2D eigenvalue weighted by molar-refractivity contribution is -0.150. The predicted molar refractivity (Wildman–Crippen MR) is 95.0 cm³/mol. The molecular weight excluding hydrogens is 385 g/mol. The summed E-state index contributed by atoms with van der Waals surface area (Å²) in [6, 6.07) is 3.84. The van der Waals surface area contributed by atoms with Gasteiger partial charge in [-0.15, -0.1) is 0 Å². The molecule has 0 saturated carbocycles. The van der Waals surface area contributed by atoms with Crippen molar-refractivity contribution in [3.05, 3.63) is 28.2 Å². The molecule has 1 fully saturated rings. The number of nitrogens with one attached hydrogen (secondary N) is 2. The molecule has 1 aromatic carbocycles. The van der Waals surface area contributed by atoms with E-state index in [1.165, 1.54) is 12.1 Å². The summed E-state index contributed by atoms with van der Waals surface area (Å²) in [6.07, 6.45) is 0.381. The Kier molecular flexibility index (Phi) is 6.09. The van der Waals surface area contributed by atoms with Crippen LogP contribution in [-0.4, -0.2) is 47.4 Å². The summed E-state index contributed by atoms with van der Waals surface area (Å²) >= 11 is 11.7. The minimum Gasteiger partial charge on any atom is -0.454 e. The van der Waals surface area contributed by atoms with Gasteiger partial charge in [0.25, 0.3) is 11.8 Å². The molecule has 1 heterocycles. The Morgan fingerprint density at radius 2 is 2.00 bits per heavy atom. The number of imide groups is 1. The largest absolute Gasteiger partial charge is 0.454 e. The van der Waals surface area contributed by atoms with Crippen molar-refractivity contribution < 1.29 is 23.9 Å². The fourth-order valence-corrected chi connectivity index (χ4v) is 2.57. The number of hydrogen-bond donors (Lipinski definition) is 2. The van der Waals surface area contributed by atoms with Crippen molar-refractivity contribution in [2.75, 3.05) is 18.5 Å². The minimum atomic E-state index is -1.04. The van der Waals surface area contributed by atoms with E-state index in [1.807, 2.05) is 0 Å². The maximum Gasteiger partial charge on any atom is 0.326 e. The van der Waals surface area contributed by atoms with E-state index < -0.39 is 42.5 Å². The van der Waals surface area contributed by atoms with E-state index in [-0.39, 0.29) is 10.7 Å². The van der Waals surface area contributed by atoms with Gasteiger partial charge in [0.1, 0.15) is 12.1 Å². The second-order valence-corrected chi connectivity index (χ2v) is 6.68. The highest BCUT2D eigenvalue weighted by Crippen LogP contribution is 2.25. The summed E-state index contributed by atoms with van der Waals surface area (Å²) in [5, 5.41) is 5.61. The summed E-state index contributed by atoms with van der Waals surface area (Å²) in [5.74, 6) is -2.04. The summed E-state index contributed by atoms with van der Waals surface area (Å²) in [7, 11) is 0. The van der Waals surface area contributed by atoms with Gasteiger partial charge in [-0.2, -0.15) is 0 Å². The zero-order chi connectivity index (χ0) is 19.5. The lowest BCUT2D eigenvalue weighted by Crippen LogP contribution is -2.43. The van der Waals surface area contributed by atoms with Crippen LogP contribution >= 0.6 is 23.2 Å². The zero-order valence-corrected chi connectivity index (χ0v) is 15.6. The molecule has 26 heavy (non-hydrogen) atoms. The average molecular weight is 402 g/mol. The average Bonchev–Trinajstić information content (AvgIpc) is 2.80. The number of ether oxygens (including phenoxy) is 1. The first-order chi connectivity index (χ1) is 12.2. The standard InChI is InChI=1S/C16H17Cl2N3O5/c1-3-16(2)14(24)21(15(25)20-16)7-13(23)26-8-12(22)19-11-6-9(17)4-5-10(11)18/h4-6H,3,7-8H2,1-2H3,(H,19,22)(H,20,25). The molecule has 1 unspecified atom stereocenters. The second-order valence-electron chi connectivity index (χ2n) is 5.84. The number of halogens is 2. The minimum absolute atomic E-state index is 0.271. The van der Waals surface area contributed by atoms with Crippen LogP contribution in [0, 0.1) is 0 Å². The molecule has 10 heteroatoms. The van der Waals surface area contributed by atoms with E-state index in [1.54, 1.807) is 19.9 Å². The quantitative estimate of drug-likeness (QED) is 0.561. The smallest absolute Gasteiger partial charge is 0.326 e. The monoisotopic (exact) mass is 401 g/mol. The van der Waals surface area contributed by atoms with Crippen molar-refractivity contribution in [2.45, 2.75) is 25.8 Å². The van der Waals surface area contributed by atoms with Crippen LogP contribution in [0.5, 0.6) is 0 Å². The molecule has 1 aliphatic rings. The Balaban J connectivity index is 1.87. The molecule has 0 aliphatic carbocycles. The topological polar surface area (TPSA) is 105 Å². The lowest BCUT2D eigenvalue weighted by Gasteiger charge is -2.18. The van der Waals surface area contributed by atoms with Crippen LogP contribution in [0.2, 0.25) is 10.0 Å². The lowest BCUT2D eigenvalue weighted by atomic mass is 9.99. The molecule has 140 valence electrons. The van der Waals surface area contributed by atoms with Crippen LogP contribution in [0.25, 0.3) is 0 Å². The van der Waals surface area contributed by atoms with Gasteiger partial charge in [0.05, 0.1) is 10.7 Å². The van der Waals surface area contributed by atoms with Crippen LogP contribution in [0.3, 0.4) is 0 Å². The third-order valence-electron chi connectivity index (χ3n) is 3.91. The molecular formula is C16H17Cl2N3O5. The third-order valence-corrected chi connectivity index (χ3v) is 4.47. The molecule has 0 bridgehead atoms. The molecule has 2 rings (SSSR count). The summed E-state index contributed by atoms with van der Waals surface area (Å²) < 4.78 is 4.81. The molecule has 0 spiro atoms. The van der Waals surface area contributed by atoms with E-state index in [9.17, 15) is 19.2 Å². The van der Waals surface area contributed by atoms with Crippen LogP contribution in [0.1, 0.15) is 20.3 Å². The Morgan fingerprint density at radius 3 is 2.62 bits per heavy atom. The van der Waals surface area contributed by atoms with Gasteiger partial charge >= 0.3 is 12.0 Å². The first kappa shape index (κ1) is 20.0. The van der Waals surface area contributed by atoms with Crippen LogP contribution < -0.4 is 10.6 Å². The number of amides is 4. The fraction of sp³-hybridized carbons (Fsp3) is 0.375. The van der Waals surface area contributed by atoms with Gasteiger partial charge < -0.3 is 15.4 Å². The van der Waals surface area contributed by atoms with Gasteiger partial charge in [-0.3, -0.25) is 19.3 Å². The van der Waals surface area contributed by atoms with Crippen molar-refractivity contribution in [1.29, 1.82) is 0 Å². The van der Waals surface area contributed by atoms with Gasteiger partial charge in [-0.1, -0.05) is 30.1 Å². The van der Waals surface area contributed by atoms with Gasteiger partial charge in [-0.05, 0) is 31.5 Å². The highest BCUT2D eigenvalue weighted by Gasteiger charge is 2.47. The number of hydrogen-bond acceptors (Lipinski definition) is 5. The number of carbonyl (C=O) groups is 4. The number of benzene rings is 1. The predicted octanol–water partition coefficient (Wildman–Crippen LogP) is 2.20. The molecule has 1 atom stereocenters. The Morgan fingerprint density at radius 1 is 1.31 bits per heavy atom. The van der Waals surface area contributed by atoms with Crippen molar-refractivity contribution in [2.24, 2.45) is 0 Å². The van der Waals surface area contributed by atoms with E-state index in [2.05, 4.69) is 10.6 Å². The van der Waals surface area contributed by atoms with E-state index in [0.717, 1.165) is 4.90 Å². The van der Waals surface area contributed by atoms with E-state index >= 15 is 0 Å². The molecule has 2 N–H and O–H groups in total. The van der Waals surface area contributed by atoms with Gasteiger partial charge in [0, 0.05) is 5.02 Å². The molecule has 1 aromatic rings. The Bertz CT molecular complexity index is 770. The van der Waals surface area contributed by atoms with Crippen LogP contribution in [-0.2, 0) is 19.1 Å². The van der Waals surface area contributed by atoms with Crippen LogP contribution in [0.4, 0.5) is 10.5 Å². The molecule has 1 aliphatic heterocycles. The highest BCUT2D eigenvalue weighted by atomic mass is 35.5. The van der Waals surface area contributed by atoms with Crippen molar-refractivity contribution >= 4 is 52.7 Å². The Hall–Kier alpha value is -2.32. The Labute approximate surface area is 159 Å². The van der Waals surface area contributed by atoms with Crippen molar-refractivity contribution in [1.82, 2.24) is 10.2 Å². The molecule has 0 aromatic heterocycles. The van der Waals surface area contributed by atoms with Gasteiger partial charge in [0.15, 0.2) is 6.61 Å². The first-order valence-corrected chi connectivity index (χ1v) is 8.46. The normalized spacial score (nSPS) is 19.3. The molecule has 1 saturated heterocycles. The van der Waals surface area contributed by atoms with Crippen molar-refractivity contribution in [3.63, 3.8) is 0 Å². The first-order valence-electron chi connectivity index (χ1n) is 7.71. The fourth-order valence-electron chi connectivity index (χ4n) is 2.23. The summed E-state index contributed by atoms with van der Waals surface area (Å²) in [4.78, 5) is 48.5. The number of nitrogens with zero attached hydrogens (tertiary/aromatic N) is 1. The third kappa shape index (κ3) is 4.44. The highest BCUT2D eigenvalue weighted by molar-refractivity contribution is 6.35. The summed E-state index contributed by atoms with van der Waals surface area (Å²) in [5.41, 5.74) is -0.772. The molecule has 4 amide bonds. The number of anilines is 1. The SMILES string of the molecule is CCC1(C)NC(=O)N(CC(=O)OCC(=O)Nc2cc(Cl)ccc2Cl)C1=O. The van der Waals surface area contributed by atoms with Crippen LogP contribution in [0.15, 0.2) is 18.2 Å². The second kappa shape index (κ2) is 7.92. The van der Waals surface area contributed by atoms with E-state index in [4.69, 9.17) is 27.9 Å². The molecule has 0 radical (unpaired) electrons.